The van der Waals surface area contributed by atoms with Gasteiger partial charge in [-0.05, 0) is 18.1 Å². The fourth-order valence-electron chi connectivity index (χ4n) is 1.03. The van der Waals surface area contributed by atoms with E-state index in [-0.39, 0.29) is 0 Å². The van der Waals surface area contributed by atoms with Gasteiger partial charge in [-0.2, -0.15) is 0 Å². The molecule has 0 aromatic carbocycles. The Morgan fingerprint density at radius 1 is 1.33 bits per heavy atom. The van der Waals surface area contributed by atoms with Crippen molar-refractivity contribution < 1.29 is 0 Å². The second kappa shape index (κ2) is 2.22. The molecule has 0 bridgehead atoms. The molecule has 0 atom stereocenters. The van der Waals surface area contributed by atoms with E-state index in [2.05, 4.69) is 26.5 Å². The second-order valence-electron chi connectivity index (χ2n) is 2.14. The molecule has 0 heterocycles. The lowest BCUT2D eigenvalue weighted by atomic mass is 10.4. The smallest absolute Gasteiger partial charge is 0.0312 e. The largest absolute Gasteiger partial charge is 0.0991 e. The first kappa shape index (κ1) is 6.34. The summed E-state index contributed by atoms with van der Waals surface area (Å²) in [5.74, 6) is 1.41. The lowest BCUT2D eigenvalue weighted by Gasteiger charge is -1.64. The van der Waals surface area contributed by atoms with Crippen molar-refractivity contribution in [2.75, 3.05) is 0 Å². The fraction of sp³-hybridized carbons (Fsp3) is 0.222. The van der Waals surface area contributed by atoms with Gasteiger partial charge in [-0.25, -0.2) is 0 Å². The van der Waals surface area contributed by atoms with Gasteiger partial charge in [0.15, 0.2) is 0 Å². The summed E-state index contributed by atoms with van der Waals surface area (Å²) < 4.78 is 0. The number of hydrogen-bond donors (Lipinski definition) is 0. The molecule has 0 heteroatoms. The van der Waals surface area contributed by atoms with Crippen LogP contribution in [-0.4, -0.2) is 0 Å². The molecular formula is C9H11. The Morgan fingerprint density at radius 3 is 2.33 bits per heavy atom. The molecule has 1 aliphatic carbocycles. The summed E-state index contributed by atoms with van der Waals surface area (Å²) in [6.07, 6.45) is 6.00. The zero-order valence-electron chi connectivity index (χ0n) is 5.94. The number of allylic oxidation sites excluding steroid dienone is 5. The van der Waals surface area contributed by atoms with E-state index in [0.717, 1.165) is 0 Å². The number of rotatable bonds is 1. The molecule has 0 N–H and O–H groups in total. The summed E-state index contributed by atoms with van der Waals surface area (Å²) in [5, 5.41) is 0. The van der Waals surface area contributed by atoms with Crippen LogP contribution in [0.4, 0.5) is 0 Å². The van der Waals surface area contributed by atoms with Gasteiger partial charge in [0.2, 0.25) is 0 Å². The van der Waals surface area contributed by atoms with Crippen LogP contribution in [0.5, 0.6) is 0 Å². The minimum absolute atomic E-state index is 1.37. The van der Waals surface area contributed by atoms with Crippen LogP contribution in [0.1, 0.15) is 13.8 Å². The summed E-state index contributed by atoms with van der Waals surface area (Å²) in [4.78, 5) is 0. The topological polar surface area (TPSA) is 0 Å². The molecule has 1 radical (unpaired) electrons. The SMILES string of the molecule is C=CC=C1[C](C)C1=CC. The highest BCUT2D eigenvalue weighted by Gasteiger charge is 2.31. The monoisotopic (exact) mass is 119 g/mol. The van der Waals surface area contributed by atoms with Crippen molar-refractivity contribution in [1.82, 2.24) is 0 Å². The zero-order chi connectivity index (χ0) is 6.85. The summed E-state index contributed by atoms with van der Waals surface area (Å²) >= 11 is 0. The van der Waals surface area contributed by atoms with Crippen molar-refractivity contribution in [3.8, 4) is 0 Å². The van der Waals surface area contributed by atoms with Crippen LogP contribution in [0.15, 0.2) is 36.0 Å². The maximum atomic E-state index is 3.63. The first-order valence-electron chi connectivity index (χ1n) is 3.15. The van der Waals surface area contributed by atoms with Crippen LogP contribution in [0, 0.1) is 5.92 Å². The highest BCUT2D eigenvalue weighted by atomic mass is 14.3. The van der Waals surface area contributed by atoms with Crippen molar-refractivity contribution in [2.45, 2.75) is 13.8 Å². The Bertz CT molecular complexity index is 182. The van der Waals surface area contributed by atoms with Crippen LogP contribution in [0.25, 0.3) is 0 Å². The lowest BCUT2D eigenvalue weighted by molar-refractivity contribution is 1.49. The van der Waals surface area contributed by atoms with Gasteiger partial charge in [0.05, 0.1) is 0 Å². The predicted octanol–water partition coefficient (Wildman–Crippen LogP) is 2.65. The average Bonchev–Trinajstić information content (AvgIpc) is 2.44. The van der Waals surface area contributed by atoms with Gasteiger partial charge in [0, 0.05) is 5.92 Å². The van der Waals surface area contributed by atoms with Gasteiger partial charge in [-0.3, -0.25) is 0 Å². The Morgan fingerprint density at radius 2 is 2.00 bits per heavy atom. The summed E-state index contributed by atoms with van der Waals surface area (Å²) in [7, 11) is 0. The molecule has 9 heavy (non-hydrogen) atoms. The van der Waals surface area contributed by atoms with Crippen LogP contribution in [0.3, 0.4) is 0 Å². The molecule has 0 unspecified atom stereocenters. The molecule has 0 aliphatic heterocycles. The zero-order valence-corrected chi connectivity index (χ0v) is 5.94. The van der Waals surface area contributed by atoms with Crippen molar-refractivity contribution in [3.05, 3.63) is 41.9 Å². The van der Waals surface area contributed by atoms with Crippen molar-refractivity contribution in [3.63, 3.8) is 0 Å². The van der Waals surface area contributed by atoms with Crippen molar-refractivity contribution in [1.29, 1.82) is 0 Å². The van der Waals surface area contributed by atoms with E-state index >= 15 is 0 Å². The maximum Gasteiger partial charge on any atom is 0.0312 e. The van der Waals surface area contributed by atoms with Crippen LogP contribution in [-0.2, 0) is 0 Å². The highest BCUT2D eigenvalue weighted by molar-refractivity contribution is 5.72. The summed E-state index contributed by atoms with van der Waals surface area (Å²) in [6, 6.07) is 0. The normalized spacial score (nSPS) is 27.3. The summed E-state index contributed by atoms with van der Waals surface area (Å²) in [6.45, 7) is 7.82. The van der Waals surface area contributed by atoms with Crippen LogP contribution in [0.2, 0.25) is 0 Å². The first-order chi connectivity index (χ1) is 4.31. The van der Waals surface area contributed by atoms with E-state index < -0.39 is 0 Å². The van der Waals surface area contributed by atoms with Gasteiger partial charge in [0.25, 0.3) is 0 Å². The molecule has 0 spiro atoms. The fourth-order valence-corrected chi connectivity index (χ4v) is 1.03. The van der Waals surface area contributed by atoms with E-state index in [1.54, 1.807) is 0 Å². The van der Waals surface area contributed by atoms with Crippen molar-refractivity contribution in [2.24, 2.45) is 0 Å². The van der Waals surface area contributed by atoms with Gasteiger partial charge < -0.3 is 0 Å². The second-order valence-corrected chi connectivity index (χ2v) is 2.14. The average molecular weight is 119 g/mol. The standard InChI is InChI=1S/C9H11/c1-4-6-9-7(3)8(9)5-2/h4-6H,1H2,2-3H3. The molecule has 0 aromatic heterocycles. The molecule has 1 saturated carbocycles. The third-order valence-corrected chi connectivity index (χ3v) is 1.61. The minimum atomic E-state index is 1.37. The van der Waals surface area contributed by atoms with E-state index in [4.69, 9.17) is 0 Å². The Hall–Kier alpha value is -0.780. The van der Waals surface area contributed by atoms with Crippen LogP contribution >= 0.6 is 0 Å². The Balaban J connectivity index is 2.72. The van der Waals surface area contributed by atoms with Gasteiger partial charge in [0.1, 0.15) is 0 Å². The quantitative estimate of drug-likeness (QED) is 0.497. The Labute approximate surface area is 56.6 Å². The van der Waals surface area contributed by atoms with Gasteiger partial charge >= 0.3 is 0 Å². The van der Waals surface area contributed by atoms with E-state index in [9.17, 15) is 0 Å². The minimum Gasteiger partial charge on any atom is -0.0991 e. The third kappa shape index (κ3) is 0.973. The third-order valence-electron chi connectivity index (χ3n) is 1.61. The maximum absolute atomic E-state index is 3.63. The molecule has 0 aromatic rings. The number of hydrogen-bond acceptors (Lipinski definition) is 0. The van der Waals surface area contributed by atoms with E-state index in [1.165, 1.54) is 17.1 Å². The predicted molar refractivity (Wildman–Crippen MR) is 41.0 cm³/mol. The molecule has 47 valence electrons. The summed E-state index contributed by atoms with van der Waals surface area (Å²) in [5.41, 5.74) is 2.77. The van der Waals surface area contributed by atoms with E-state index in [0.29, 0.717) is 0 Å². The van der Waals surface area contributed by atoms with Gasteiger partial charge in [-0.15, -0.1) is 0 Å². The molecule has 0 saturated heterocycles. The van der Waals surface area contributed by atoms with Crippen molar-refractivity contribution >= 4 is 0 Å². The first-order valence-corrected chi connectivity index (χ1v) is 3.15. The molecule has 1 rings (SSSR count). The lowest BCUT2D eigenvalue weighted by Crippen LogP contribution is -1.48. The molecule has 1 fully saturated rings. The molecule has 0 nitrogen and oxygen atoms in total. The van der Waals surface area contributed by atoms with Gasteiger partial charge in [-0.1, -0.05) is 31.7 Å². The molecule has 0 amide bonds. The van der Waals surface area contributed by atoms with Crippen LogP contribution < -0.4 is 0 Å². The molecule has 1 aliphatic rings. The Kier molecular flexibility index (Phi) is 1.56. The highest BCUT2D eigenvalue weighted by Crippen LogP contribution is 2.46. The van der Waals surface area contributed by atoms with E-state index in [1.807, 2.05) is 12.2 Å². The molecular weight excluding hydrogens is 108 g/mol.